The lowest BCUT2D eigenvalue weighted by atomic mass is 10.0. The van der Waals surface area contributed by atoms with Crippen molar-refractivity contribution in [1.29, 1.82) is 0 Å². The van der Waals surface area contributed by atoms with Crippen molar-refractivity contribution in [2.45, 2.75) is 6.42 Å². The smallest absolute Gasteiger partial charge is 0.242 e. The second-order valence-electron chi connectivity index (χ2n) is 3.39. The molecule has 0 spiro atoms. The molecule has 14 heavy (non-hydrogen) atoms. The van der Waals surface area contributed by atoms with Crippen LogP contribution in [-0.4, -0.2) is 5.84 Å². The van der Waals surface area contributed by atoms with E-state index in [9.17, 15) is 0 Å². The molecule has 0 saturated carbocycles. The molecule has 2 aromatic carbocycles. The van der Waals surface area contributed by atoms with Crippen LogP contribution in [0.2, 0.25) is 0 Å². The summed E-state index contributed by atoms with van der Waals surface area (Å²) in [5.41, 5.74) is 6.69. The number of rotatable bonds is 2. The van der Waals surface area contributed by atoms with Crippen molar-refractivity contribution in [2.75, 3.05) is 0 Å². The highest BCUT2D eigenvalue weighted by Gasteiger charge is 2.03. The maximum Gasteiger partial charge on any atom is 0.242 e. The van der Waals surface area contributed by atoms with Gasteiger partial charge in [-0.2, -0.15) is 0 Å². The van der Waals surface area contributed by atoms with Gasteiger partial charge in [0.1, 0.15) is 0 Å². The number of hydrogen-bond acceptors (Lipinski definition) is 0. The van der Waals surface area contributed by atoms with Crippen LogP contribution in [0.1, 0.15) is 5.56 Å². The SMILES string of the molecule is NC(=[NH2+])Cc1cccc2ccccc12. The van der Waals surface area contributed by atoms with Crippen LogP contribution in [0.4, 0.5) is 0 Å². The van der Waals surface area contributed by atoms with E-state index in [1.807, 2.05) is 18.2 Å². The standard InChI is InChI=1S/C12H12N2/c13-12(14)8-10-6-3-5-9-4-1-2-7-11(9)10/h1-7H,8H2,(H3,13,14)/p+1. The van der Waals surface area contributed by atoms with Gasteiger partial charge in [-0.25, -0.2) is 0 Å². The van der Waals surface area contributed by atoms with Crippen molar-refractivity contribution in [3.8, 4) is 0 Å². The zero-order valence-corrected chi connectivity index (χ0v) is 7.90. The summed E-state index contributed by atoms with van der Waals surface area (Å²) in [5.74, 6) is 0.460. The molecule has 0 fully saturated rings. The van der Waals surface area contributed by atoms with Crippen LogP contribution >= 0.6 is 0 Å². The van der Waals surface area contributed by atoms with Gasteiger partial charge >= 0.3 is 0 Å². The summed E-state index contributed by atoms with van der Waals surface area (Å²) < 4.78 is 0. The molecule has 0 aliphatic heterocycles. The van der Waals surface area contributed by atoms with E-state index in [1.165, 1.54) is 16.3 Å². The van der Waals surface area contributed by atoms with Crippen LogP contribution in [-0.2, 0) is 6.42 Å². The van der Waals surface area contributed by atoms with Crippen LogP contribution in [0.25, 0.3) is 10.8 Å². The van der Waals surface area contributed by atoms with Gasteiger partial charge in [-0.3, -0.25) is 11.1 Å². The molecule has 70 valence electrons. The first kappa shape index (κ1) is 8.75. The summed E-state index contributed by atoms with van der Waals surface area (Å²) in [4.78, 5) is 0. The summed E-state index contributed by atoms with van der Waals surface area (Å²) in [7, 11) is 0. The summed E-state index contributed by atoms with van der Waals surface area (Å²) in [6, 6.07) is 14.4. The Kier molecular flexibility index (Phi) is 2.19. The lowest BCUT2D eigenvalue weighted by molar-refractivity contribution is -0.117. The molecule has 2 nitrogen and oxygen atoms in total. The molecule has 0 saturated heterocycles. The van der Waals surface area contributed by atoms with Crippen molar-refractivity contribution >= 4 is 16.6 Å². The lowest BCUT2D eigenvalue weighted by Gasteiger charge is -2.02. The number of benzene rings is 2. The number of nitrogens with two attached hydrogens (primary N) is 2. The van der Waals surface area contributed by atoms with E-state index >= 15 is 0 Å². The first-order valence-corrected chi connectivity index (χ1v) is 4.61. The second kappa shape index (κ2) is 3.50. The Morgan fingerprint density at radius 1 is 1.07 bits per heavy atom. The number of amidine groups is 1. The topological polar surface area (TPSA) is 51.6 Å². The molecule has 0 radical (unpaired) electrons. The fraction of sp³-hybridized carbons (Fsp3) is 0.0833. The Hall–Kier alpha value is -1.83. The Labute approximate surface area is 82.9 Å². The minimum Gasteiger partial charge on any atom is -0.291 e. The third-order valence-corrected chi connectivity index (χ3v) is 2.27. The van der Waals surface area contributed by atoms with Crippen molar-refractivity contribution < 1.29 is 5.41 Å². The summed E-state index contributed by atoms with van der Waals surface area (Å²) >= 11 is 0. The Balaban J connectivity index is 2.59. The van der Waals surface area contributed by atoms with Crippen LogP contribution in [0, 0.1) is 0 Å². The largest absolute Gasteiger partial charge is 0.291 e. The average Bonchev–Trinajstić information content (AvgIpc) is 2.18. The van der Waals surface area contributed by atoms with Gasteiger partial charge in [0.05, 0.1) is 6.42 Å². The van der Waals surface area contributed by atoms with Crippen LogP contribution in [0.15, 0.2) is 42.5 Å². The van der Waals surface area contributed by atoms with Crippen LogP contribution in [0.3, 0.4) is 0 Å². The molecule has 0 unspecified atom stereocenters. The van der Waals surface area contributed by atoms with Crippen LogP contribution < -0.4 is 11.1 Å². The predicted octanol–water partition coefficient (Wildman–Crippen LogP) is 0.499. The van der Waals surface area contributed by atoms with Gasteiger partial charge in [0, 0.05) is 0 Å². The zero-order valence-electron chi connectivity index (χ0n) is 7.90. The minimum atomic E-state index is 0.460. The Bertz CT molecular complexity index is 469. The summed E-state index contributed by atoms with van der Waals surface area (Å²) in [6.45, 7) is 0. The van der Waals surface area contributed by atoms with Crippen molar-refractivity contribution in [1.82, 2.24) is 0 Å². The van der Waals surface area contributed by atoms with E-state index in [4.69, 9.17) is 11.1 Å². The highest BCUT2D eigenvalue weighted by molar-refractivity contribution is 5.89. The van der Waals surface area contributed by atoms with Crippen LogP contribution in [0.5, 0.6) is 0 Å². The molecule has 0 bridgehead atoms. The summed E-state index contributed by atoms with van der Waals surface area (Å²) in [6.07, 6.45) is 0.640. The highest BCUT2D eigenvalue weighted by Crippen LogP contribution is 2.18. The Morgan fingerprint density at radius 2 is 1.79 bits per heavy atom. The molecular weight excluding hydrogens is 172 g/mol. The van der Waals surface area contributed by atoms with Gasteiger partial charge in [-0.1, -0.05) is 42.5 Å². The normalized spacial score (nSPS) is 10.3. The molecule has 0 atom stereocenters. The van der Waals surface area contributed by atoms with E-state index in [-0.39, 0.29) is 0 Å². The minimum absolute atomic E-state index is 0.460. The van der Waals surface area contributed by atoms with E-state index in [0.717, 1.165) is 0 Å². The molecule has 4 N–H and O–H groups in total. The monoisotopic (exact) mass is 185 g/mol. The van der Waals surface area contributed by atoms with Gasteiger partial charge in [-0.15, -0.1) is 0 Å². The molecule has 2 rings (SSSR count). The van der Waals surface area contributed by atoms with E-state index < -0.39 is 0 Å². The molecule has 0 amide bonds. The van der Waals surface area contributed by atoms with E-state index in [0.29, 0.717) is 12.3 Å². The predicted molar refractivity (Wildman–Crippen MR) is 58.8 cm³/mol. The zero-order chi connectivity index (χ0) is 9.97. The highest BCUT2D eigenvalue weighted by atomic mass is 14.7. The van der Waals surface area contributed by atoms with Crippen molar-refractivity contribution in [2.24, 2.45) is 5.73 Å². The number of hydrogen-bond donors (Lipinski definition) is 2. The quantitative estimate of drug-likeness (QED) is 0.519. The first-order chi connectivity index (χ1) is 6.77. The van der Waals surface area contributed by atoms with Gasteiger partial charge in [0.2, 0.25) is 5.84 Å². The Morgan fingerprint density at radius 3 is 2.57 bits per heavy atom. The van der Waals surface area contributed by atoms with Gasteiger partial charge in [0.15, 0.2) is 0 Å². The maximum absolute atomic E-state index is 5.51. The van der Waals surface area contributed by atoms with Crippen molar-refractivity contribution in [3.63, 3.8) is 0 Å². The van der Waals surface area contributed by atoms with Gasteiger partial charge < -0.3 is 0 Å². The summed E-state index contributed by atoms with van der Waals surface area (Å²) in [5, 5.41) is 7.96. The second-order valence-corrected chi connectivity index (χ2v) is 3.39. The third kappa shape index (κ3) is 1.59. The molecule has 2 heteroatoms. The average molecular weight is 185 g/mol. The van der Waals surface area contributed by atoms with Crippen molar-refractivity contribution in [3.05, 3.63) is 48.0 Å². The molecule has 2 aromatic rings. The van der Waals surface area contributed by atoms with Gasteiger partial charge in [-0.05, 0) is 16.3 Å². The molecule has 0 aromatic heterocycles. The van der Waals surface area contributed by atoms with Gasteiger partial charge in [0.25, 0.3) is 0 Å². The first-order valence-electron chi connectivity index (χ1n) is 4.61. The lowest BCUT2D eigenvalue weighted by Crippen LogP contribution is -2.46. The van der Waals surface area contributed by atoms with E-state index in [2.05, 4.69) is 24.3 Å². The fourth-order valence-corrected chi connectivity index (χ4v) is 1.67. The molecule has 0 aliphatic rings. The fourth-order valence-electron chi connectivity index (χ4n) is 1.67. The van der Waals surface area contributed by atoms with E-state index in [1.54, 1.807) is 0 Å². The third-order valence-electron chi connectivity index (χ3n) is 2.27. The maximum atomic E-state index is 5.51. The molecular formula is C12H13N2+. The molecule has 0 aliphatic carbocycles. The molecule has 0 heterocycles. The number of fused-ring (bicyclic) bond motifs is 1.